The van der Waals surface area contributed by atoms with Crippen molar-refractivity contribution in [3.8, 4) is 0 Å². The molecule has 2 aromatic rings. The minimum Gasteiger partial charge on any atom is -0.355 e. The highest BCUT2D eigenvalue weighted by atomic mass is 35.5. The second-order valence-corrected chi connectivity index (χ2v) is 4.98. The van der Waals surface area contributed by atoms with E-state index in [1.54, 1.807) is 0 Å². The molecule has 0 radical (unpaired) electrons. The van der Waals surface area contributed by atoms with E-state index in [4.69, 9.17) is 11.6 Å². The maximum absolute atomic E-state index is 10.7. The lowest BCUT2D eigenvalue weighted by Crippen LogP contribution is -2.05. The van der Waals surface area contributed by atoms with Gasteiger partial charge in [-0.15, -0.1) is 0 Å². The fraction of sp³-hybridized carbons (Fsp3) is 0.182. The number of nitro groups is 1. The number of benzene rings is 1. The Hall–Kier alpha value is -1.66. The molecule has 1 atom stereocenters. The standard InChI is InChI=1S/C11H10ClN3O2S/c1-7(8-5-3-2-4-6-8)13-11-14-9(12)10(18-11)15(16)17/h2-7H,1H3,(H,13,14). The van der Waals surface area contributed by atoms with Crippen molar-refractivity contribution in [2.75, 3.05) is 5.32 Å². The van der Waals surface area contributed by atoms with E-state index in [0.717, 1.165) is 16.9 Å². The Morgan fingerprint density at radius 2 is 2.11 bits per heavy atom. The molecule has 0 aliphatic carbocycles. The molecule has 0 fully saturated rings. The quantitative estimate of drug-likeness (QED) is 0.683. The topological polar surface area (TPSA) is 68.1 Å². The van der Waals surface area contributed by atoms with Crippen LogP contribution in [0, 0.1) is 10.1 Å². The van der Waals surface area contributed by atoms with Gasteiger partial charge in [-0.05, 0) is 23.8 Å². The van der Waals surface area contributed by atoms with Crippen LogP contribution in [0.2, 0.25) is 5.15 Å². The highest BCUT2D eigenvalue weighted by Crippen LogP contribution is 2.35. The Kier molecular flexibility index (Phi) is 3.78. The van der Waals surface area contributed by atoms with E-state index in [2.05, 4.69) is 10.3 Å². The van der Waals surface area contributed by atoms with Gasteiger partial charge in [-0.3, -0.25) is 10.1 Å². The zero-order valence-electron chi connectivity index (χ0n) is 9.46. The predicted octanol–water partition coefficient (Wildman–Crippen LogP) is 3.88. The normalized spacial score (nSPS) is 12.1. The van der Waals surface area contributed by atoms with E-state index in [0.29, 0.717) is 5.13 Å². The molecule has 2 rings (SSSR count). The van der Waals surface area contributed by atoms with Crippen LogP contribution in [0.3, 0.4) is 0 Å². The van der Waals surface area contributed by atoms with E-state index in [9.17, 15) is 10.1 Å². The molecule has 0 spiro atoms. The smallest absolute Gasteiger partial charge is 0.355 e. The molecule has 0 saturated heterocycles. The number of rotatable bonds is 4. The first-order chi connectivity index (χ1) is 8.58. The predicted molar refractivity (Wildman–Crippen MR) is 72.3 cm³/mol. The highest BCUT2D eigenvalue weighted by Gasteiger charge is 2.20. The zero-order valence-corrected chi connectivity index (χ0v) is 11.0. The average molecular weight is 284 g/mol. The third kappa shape index (κ3) is 2.77. The minimum absolute atomic E-state index is 0.00743. The lowest BCUT2D eigenvalue weighted by Gasteiger charge is -2.12. The molecule has 0 amide bonds. The van der Waals surface area contributed by atoms with E-state index in [1.807, 2.05) is 37.3 Å². The van der Waals surface area contributed by atoms with Crippen molar-refractivity contribution in [2.24, 2.45) is 0 Å². The molecule has 1 aromatic carbocycles. The lowest BCUT2D eigenvalue weighted by molar-refractivity contribution is -0.380. The second-order valence-electron chi connectivity index (χ2n) is 3.65. The third-order valence-electron chi connectivity index (χ3n) is 2.37. The van der Waals surface area contributed by atoms with Gasteiger partial charge < -0.3 is 5.32 Å². The molecule has 7 heteroatoms. The molecular formula is C11H10ClN3O2S. The van der Waals surface area contributed by atoms with Gasteiger partial charge in [0.2, 0.25) is 5.15 Å². The van der Waals surface area contributed by atoms with Gasteiger partial charge in [0.1, 0.15) is 0 Å². The summed E-state index contributed by atoms with van der Waals surface area (Å²) in [5.41, 5.74) is 1.08. The van der Waals surface area contributed by atoms with Gasteiger partial charge in [-0.25, -0.2) is 4.98 Å². The summed E-state index contributed by atoms with van der Waals surface area (Å²) in [4.78, 5) is 14.1. The van der Waals surface area contributed by atoms with E-state index in [1.165, 1.54) is 0 Å². The SMILES string of the molecule is CC(Nc1nc(Cl)c([N+](=O)[O-])s1)c1ccccc1. The first kappa shape index (κ1) is 12.8. The van der Waals surface area contributed by atoms with Crippen LogP contribution in [0.1, 0.15) is 18.5 Å². The van der Waals surface area contributed by atoms with Crippen LogP contribution in [0.25, 0.3) is 0 Å². The molecule has 1 N–H and O–H groups in total. The third-order valence-corrected chi connectivity index (χ3v) is 3.69. The van der Waals surface area contributed by atoms with Gasteiger partial charge in [0, 0.05) is 0 Å². The van der Waals surface area contributed by atoms with Crippen molar-refractivity contribution in [3.05, 3.63) is 51.2 Å². The molecule has 0 aliphatic rings. The summed E-state index contributed by atoms with van der Waals surface area (Å²) in [6, 6.07) is 9.76. The molecular weight excluding hydrogens is 274 g/mol. The maximum atomic E-state index is 10.7. The Labute approximate surface area is 113 Å². The molecule has 94 valence electrons. The van der Waals surface area contributed by atoms with Crippen LogP contribution >= 0.6 is 22.9 Å². The molecule has 0 bridgehead atoms. The van der Waals surface area contributed by atoms with Gasteiger partial charge >= 0.3 is 5.00 Å². The van der Waals surface area contributed by atoms with Crippen LogP contribution in [0.15, 0.2) is 30.3 Å². The Balaban J connectivity index is 2.15. The summed E-state index contributed by atoms with van der Waals surface area (Å²) in [5.74, 6) is 0. The first-order valence-corrected chi connectivity index (χ1v) is 6.39. The monoisotopic (exact) mass is 283 g/mol. The molecule has 5 nitrogen and oxygen atoms in total. The Morgan fingerprint density at radius 1 is 1.44 bits per heavy atom. The molecule has 1 aromatic heterocycles. The Morgan fingerprint density at radius 3 is 2.67 bits per heavy atom. The maximum Gasteiger partial charge on any atom is 0.364 e. The fourth-order valence-corrected chi connectivity index (χ4v) is 2.56. The lowest BCUT2D eigenvalue weighted by atomic mass is 10.1. The van der Waals surface area contributed by atoms with Crippen molar-refractivity contribution in [3.63, 3.8) is 0 Å². The minimum atomic E-state index is -0.529. The summed E-state index contributed by atoms with van der Waals surface area (Å²) in [5, 5.41) is 14.0. The van der Waals surface area contributed by atoms with Gasteiger partial charge in [0.15, 0.2) is 5.13 Å². The van der Waals surface area contributed by atoms with Gasteiger partial charge in [0.25, 0.3) is 0 Å². The number of hydrogen-bond acceptors (Lipinski definition) is 5. The van der Waals surface area contributed by atoms with Crippen molar-refractivity contribution >= 4 is 33.1 Å². The van der Waals surface area contributed by atoms with Gasteiger partial charge in [-0.1, -0.05) is 41.9 Å². The van der Waals surface area contributed by atoms with E-state index in [-0.39, 0.29) is 16.2 Å². The van der Waals surface area contributed by atoms with Crippen LogP contribution in [-0.2, 0) is 0 Å². The summed E-state index contributed by atoms with van der Waals surface area (Å²) in [6.07, 6.45) is 0. The van der Waals surface area contributed by atoms with Crippen LogP contribution in [0.4, 0.5) is 10.1 Å². The summed E-state index contributed by atoms with van der Waals surface area (Å²) < 4.78 is 0. The number of hydrogen-bond donors (Lipinski definition) is 1. The fourth-order valence-electron chi connectivity index (χ4n) is 1.48. The van der Waals surface area contributed by atoms with Crippen molar-refractivity contribution in [1.29, 1.82) is 0 Å². The molecule has 0 aliphatic heterocycles. The van der Waals surface area contributed by atoms with Crippen molar-refractivity contribution in [2.45, 2.75) is 13.0 Å². The number of nitrogens with zero attached hydrogens (tertiary/aromatic N) is 2. The molecule has 1 unspecified atom stereocenters. The largest absolute Gasteiger partial charge is 0.364 e. The van der Waals surface area contributed by atoms with Crippen molar-refractivity contribution < 1.29 is 4.92 Å². The van der Waals surface area contributed by atoms with Gasteiger partial charge in [0.05, 0.1) is 11.0 Å². The number of thiazole rings is 1. The number of halogens is 1. The van der Waals surface area contributed by atoms with Crippen LogP contribution in [-0.4, -0.2) is 9.91 Å². The zero-order chi connectivity index (χ0) is 13.1. The number of aromatic nitrogens is 1. The summed E-state index contributed by atoms with van der Waals surface area (Å²) in [6.45, 7) is 1.95. The van der Waals surface area contributed by atoms with E-state index >= 15 is 0 Å². The van der Waals surface area contributed by atoms with E-state index < -0.39 is 4.92 Å². The molecule has 0 saturated carbocycles. The second kappa shape index (κ2) is 5.32. The average Bonchev–Trinajstić information content (AvgIpc) is 2.71. The highest BCUT2D eigenvalue weighted by molar-refractivity contribution is 7.19. The first-order valence-electron chi connectivity index (χ1n) is 5.20. The summed E-state index contributed by atoms with van der Waals surface area (Å²) in [7, 11) is 0. The Bertz CT molecular complexity index is 559. The molecule has 18 heavy (non-hydrogen) atoms. The number of nitrogens with one attached hydrogen (secondary N) is 1. The number of anilines is 1. The van der Waals surface area contributed by atoms with Crippen molar-refractivity contribution in [1.82, 2.24) is 4.98 Å². The van der Waals surface area contributed by atoms with Crippen LogP contribution in [0.5, 0.6) is 0 Å². The van der Waals surface area contributed by atoms with Gasteiger partial charge in [-0.2, -0.15) is 0 Å². The molecule has 1 heterocycles. The summed E-state index contributed by atoms with van der Waals surface area (Å²) >= 11 is 6.62. The van der Waals surface area contributed by atoms with Crippen LogP contribution < -0.4 is 5.32 Å².